The lowest BCUT2D eigenvalue weighted by atomic mass is 9.63. The summed E-state index contributed by atoms with van der Waals surface area (Å²) >= 11 is 0. The molecule has 0 aliphatic heterocycles. The Morgan fingerprint density at radius 2 is 2.04 bits per heavy atom. The highest BCUT2D eigenvalue weighted by molar-refractivity contribution is 5.50. The number of anilines is 1. The van der Waals surface area contributed by atoms with Gasteiger partial charge in [0.2, 0.25) is 0 Å². The lowest BCUT2D eigenvalue weighted by Crippen LogP contribution is -2.55. The van der Waals surface area contributed by atoms with Crippen LogP contribution in [0.4, 0.5) is 5.69 Å². The largest absolute Gasteiger partial charge is 0.403 e. The Hall–Kier alpha value is -1.75. The molecule has 0 aromatic carbocycles. The average molecular weight is 317 g/mol. The predicted octanol–water partition coefficient (Wildman–Crippen LogP) is 2.38. The molecule has 0 bridgehead atoms. The molecule has 1 aromatic heterocycles. The van der Waals surface area contributed by atoms with Crippen LogP contribution in [-0.4, -0.2) is 24.1 Å². The van der Waals surface area contributed by atoms with Crippen molar-refractivity contribution in [1.82, 2.24) is 10.3 Å². The maximum Gasteiger partial charge on any atom is 0.0559 e. The highest BCUT2D eigenvalue weighted by atomic mass is 15.0. The van der Waals surface area contributed by atoms with E-state index in [1.165, 1.54) is 5.56 Å². The smallest absolute Gasteiger partial charge is 0.0559 e. The van der Waals surface area contributed by atoms with Crippen molar-refractivity contribution in [3.8, 4) is 0 Å². The first-order valence-corrected chi connectivity index (χ1v) is 8.38. The van der Waals surface area contributed by atoms with Crippen molar-refractivity contribution in [2.24, 2.45) is 22.8 Å². The molecular formula is C18H31N5. The lowest BCUT2D eigenvalue weighted by Gasteiger charge is -2.47. The van der Waals surface area contributed by atoms with E-state index >= 15 is 0 Å². The predicted molar refractivity (Wildman–Crippen MR) is 96.9 cm³/mol. The third-order valence-electron chi connectivity index (χ3n) is 5.05. The van der Waals surface area contributed by atoms with E-state index < -0.39 is 0 Å². The van der Waals surface area contributed by atoms with Crippen LogP contribution in [0.3, 0.4) is 0 Å². The molecule has 1 aromatic rings. The second-order valence-electron chi connectivity index (χ2n) is 7.57. The molecule has 1 saturated carbocycles. The number of nitrogens with zero attached hydrogens (tertiary/aromatic N) is 1. The third kappa shape index (κ3) is 3.96. The van der Waals surface area contributed by atoms with Gasteiger partial charge in [-0.3, -0.25) is 4.98 Å². The fourth-order valence-electron chi connectivity index (χ4n) is 3.85. The molecule has 1 fully saturated rings. The molecule has 0 amide bonds. The van der Waals surface area contributed by atoms with E-state index in [1.807, 2.05) is 25.6 Å². The molecule has 2 rings (SSSR count). The van der Waals surface area contributed by atoms with Gasteiger partial charge in [-0.25, -0.2) is 0 Å². The van der Waals surface area contributed by atoms with Gasteiger partial charge in [0.25, 0.3) is 0 Å². The van der Waals surface area contributed by atoms with Gasteiger partial charge in [-0.1, -0.05) is 20.8 Å². The van der Waals surface area contributed by atoms with E-state index in [9.17, 15) is 0 Å². The Morgan fingerprint density at radius 1 is 1.30 bits per heavy atom. The summed E-state index contributed by atoms with van der Waals surface area (Å²) in [6, 6.07) is 2.45. The first kappa shape index (κ1) is 17.6. The van der Waals surface area contributed by atoms with Crippen LogP contribution < -0.4 is 22.1 Å². The monoisotopic (exact) mass is 317 g/mol. The number of nitrogens with two attached hydrogens (primary N) is 2. The van der Waals surface area contributed by atoms with E-state index in [0.717, 1.165) is 18.5 Å². The van der Waals surface area contributed by atoms with Gasteiger partial charge in [0.1, 0.15) is 0 Å². The molecular weight excluding hydrogens is 286 g/mol. The van der Waals surface area contributed by atoms with Crippen molar-refractivity contribution in [1.29, 1.82) is 0 Å². The number of aromatic nitrogens is 1. The summed E-state index contributed by atoms with van der Waals surface area (Å²) in [7, 11) is 1.95. The van der Waals surface area contributed by atoms with Crippen LogP contribution in [0.5, 0.6) is 0 Å². The second kappa shape index (κ2) is 7.21. The van der Waals surface area contributed by atoms with Crippen LogP contribution in [0, 0.1) is 11.3 Å². The summed E-state index contributed by atoms with van der Waals surface area (Å²) in [6.45, 7) is 6.87. The molecule has 1 aliphatic carbocycles. The quantitative estimate of drug-likeness (QED) is 0.685. The van der Waals surface area contributed by atoms with Crippen LogP contribution in [-0.2, 0) is 0 Å². The number of nitrogens with one attached hydrogen (secondary N) is 2. The van der Waals surface area contributed by atoms with Gasteiger partial charge >= 0.3 is 0 Å². The standard InChI is InChI=1S/C18H31N5/c1-18(2,3)14-9-12(10-15(20)17(14)23-8-6-19)13-5-7-22-11-16(13)21-4/h5-8,11-12,14-15,17,21,23H,9-10,19-20H2,1-4H3/b8-6-. The minimum absolute atomic E-state index is 0.0899. The Morgan fingerprint density at radius 3 is 2.65 bits per heavy atom. The van der Waals surface area contributed by atoms with Gasteiger partial charge in [-0.05, 0) is 41.7 Å². The molecule has 0 spiro atoms. The van der Waals surface area contributed by atoms with Crippen molar-refractivity contribution in [2.75, 3.05) is 12.4 Å². The zero-order valence-corrected chi connectivity index (χ0v) is 14.7. The highest BCUT2D eigenvalue weighted by Gasteiger charge is 2.42. The zero-order chi connectivity index (χ0) is 17.0. The van der Waals surface area contributed by atoms with E-state index in [0.29, 0.717) is 11.8 Å². The SMILES string of the molecule is CNc1cnccc1C1CC(N)C(N/C=C\N)C(C(C)(C)C)C1. The molecule has 0 saturated heterocycles. The van der Waals surface area contributed by atoms with Crippen LogP contribution in [0.1, 0.15) is 45.1 Å². The summed E-state index contributed by atoms with van der Waals surface area (Å²) in [5.41, 5.74) is 14.6. The molecule has 1 aliphatic rings. The molecule has 5 nitrogen and oxygen atoms in total. The molecule has 4 atom stereocenters. The summed E-state index contributed by atoms with van der Waals surface area (Å²) in [5.74, 6) is 0.907. The molecule has 4 unspecified atom stereocenters. The second-order valence-corrected chi connectivity index (χ2v) is 7.57. The first-order chi connectivity index (χ1) is 10.9. The van der Waals surface area contributed by atoms with Crippen molar-refractivity contribution in [3.63, 3.8) is 0 Å². The normalized spacial score (nSPS) is 28.7. The molecule has 0 radical (unpaired) electrons. The molecule has 6 N–H and O–H groups in total. The maximum atomic E-state index is 6.55. The minimum Gasteiger partial charge on any atom is -0.403 e. The Kier molecular flexibility index (Phi) is 5.52. The zero-order valence-electron chi connectivity index (χ0n) is 14.7. The summed E-state index contributed by atoms with van der Waals surface area (Å²) in [6.07, 6.45) is 9.19. The van der Waals surface area contributed by atoms with E-state index in [4.69, 9.17) is 11.5 Å². The van der Waals surface area contributed by atoms with Crippen molar-refractivity contribution < 1.29 is 0 Å². The van der Waals surface area contributed by atoms with Gasteiger partial charge in [0, 0.05) is 37.7 Å². The van der Waals surface area contributed by atoms with Crippen molar-refractivity contribution in [3.05, 3.63) is 36.4 Å². The Bertz CT molecular complexity index is 534. The highest BCUT2D eigenvalue weighted by Crippen LogP contribution is 2.45. The van der Waals surface area contributed by atoms with Crippen LogP contribution in [0.25, 0.3) is 0 Å². The fourth-order valence-corrected chi connectivity index (χ4v) is 3.85. The van der Waals surface area contributed by atoms with Gasteiger partial charge in [-0.2, -0.15) is 0 Å². The topological polar surface area (TPSA) is 89.0 Å². The number of rotatable bonds is 4. The van der Waals surface area contributed by atoms with Crippen molar-refractivity contribution >= 4 is 5.69 Å². The Labute approximate surface area is 139 Å². The van der Waals surface area contributed by atoms with E-state index in [2.05, 4.69) is 42.5 Å². The Balaban J connectivity index is 2.30. The van der Waals surface area contributed by atoms with Crippen LogP contribution >= 0.6 is 0 Å². The molecule has 5 heteroatoms. The van der Waals surface area contributed by atoms with E-state index in [1.54, 1.807) is 6.20 Å². The average Bonchev–Trinajstić information content (AvgIpc) is 2.52. The van der Waals surface area contributed by atoms with Crippen molar-refractivity contribution in [2.45, 2.75) is 51.6 Å². The number of hydrogen-bond acceptors (Lipinski definition) is 5. The lowest BCUT2D eigenvalue weighted by molar-refractivity contribution is 0.112. The summed E-state index contributed by atoms with van der Waals surface area (Å²) in [5, 5.41) is 6.68. The number of pyridine rings is 1. The summed E-state index contributed by atoms with van der Waals surface area (Å²) < 4.78 is 0. The minimum atomic E-state index is 0.0899. The summed E-state index contributed by atoms with van der Waals surface area (Å²) in [4.78, 5) is 4.22. The maximum absolute atomic E-state index is 6.55. The van der Waals surface area contributed by atoms with Gasteiger partial charge in [-0.15, -0.1) is 0 Å². The van der Waals surface area contributed by atoms with Crippen LogP contribution in [0.15, 0.2) is 30.9 Å². The van der Waals surface area contributed by atoms with Gasteiger partial charge in [0.05, 0.1) is 11.9 Å². The van der Waals surface area contributed by atoms with Gasteiger partial charge < -0.3 is 22.1 Å². The number of hydrogen-bond donors (Lipinski definition) is 4. The molecule has 23 heavy (non-hydrogen) atoms. The fraction of sp³-hybridized carbons (Fsp3) is 0.611. The first-order valence-electron chi connectivity index (χ1n) is 8.38. The third-order valence-corrected chi connectivity index (χ3v) is 5.05. The van der Waals surface area contributed by atoms with Crippen LogP contribution in [0.2, 0.25) is 0 Å². The molecule has 128 valence electrons. The van der Waals surface area contributed by atoms with E-state index in [-0.39, 0.29) is 17.5 Å². The molecule has 1 heterocycles. The van der Waals surface area contributed by atoms with Gasteiger partial charge in [0.15, 0.2) is 0 Å².